The zero-order valence-corrected chi connectivity index (χ0v) is 22.1. The Labute approximate surface area is 231 Å². The van der Waals surface area contributed by atoms with Crippen LogP contribution in [0, 0.1) is 6.92 Å². The number of carbonyl (C=O) groups is 3. The summed E-state index contributed by atoms with van der Waals surface area (Å²) in [6, 6.07) is 12.2. The molecule has 0 aromatic heterocycles. The van der Waals surface area contributed by atoms with E-state index >= 15 is 0 Å². The Morgan fingerprint density at radius 2 is 1.75 bits per heavy atom. The molecule has 1 aliphatic heterocycles. The summed E-state index contributed by atoms with van der Waals surface area (Å²) in [6.07, 6.45) is -13.8. The van der Waals surface area contributed by atoms with E-state index in [4.69, 9.17) is 14.2 Å². The maximum atomic E-state index is 13.3. The van der Waals surface area contributed by atoms with Gasteiger partial charge < -0.3 is 34.8 Å². The molecule has 6 atom stereocenters. The van der Waals surface area contributed by atoms with Crippen molar-refractivity contribution in [3.05, 3.63) is 65.7 Å². The highest BCUT2D eigenvalue weighted by molar-refractivity contribution is 8.01. The van der Waals surface area contributed by atoms with Crippen molar-refractivity contribution in [2.24, 2.45) is 0 Å². The van der Waals surface area contributed by atoms with Gasteiger partial charge in [-0.05, 0) is 31.2 Å². The maximum absolute atomic E-state index is 13.3. The second-order valence-electron chi connectivity index (χ2n) is 8.99. The highest BCUT2D eigenvalue weighted by atomic mass is 32.2. The van der Waals surface area contributed by atoms with Crippen LogP contribution < -0.4 is 5.32 Å². The minimum atomic E-state index is -5.38. The Morgan fingerprint density at radius 1 is 1.12 bits per heavy atom. The zero-order chi connectivity index (χ0) is 29.7. The van der Waals surface area contributed by atoms with Gasteiger partial charge in [0.1, 0.15) is 24.4 Å². The van der Waals surface area contributed by atoms with E-state index in [1.165, 1.54) is 24.3 Å². The van der Waals surface area contributed by atoms with Gasteiger partial charge in [0.2, 0.25) is 4.93 Å². The minimum Gasteiger partial charge on any atom is -0.466 e. The second kappa shape index (κ2) is 13.0. The van der Waals surface area contributed by atoms with Gasteiger partial charge in [-0.2, -0.15) is 13.2 Å². The van der Waals surface area contributed by atoms with Crippen molar-refractivity contribution in [1.29, 1.82) is 0 Å². The summed E-state index contributed by atoms with van der Waals surface area (Å²) in [4.78, 5) is 36.5. The van der Waals surface area contributed by atoms with Crippen molar-refractivity contribution >= 4 is 29.6 Å². The number of esters is 2. The molecule has 4 N–H and O–H groups in total. The van der Waals surface area contributed by atoms with Crippen LogP contribution in [0.5, 0.6) is 0 Å². The van der Waals surface area contributed by atoms with E-state index in [1.807, 2.05) is 6.92 Å². The number of aryl methyl sites for hydroxylation is 1. The van der Waals surface area contributed by atoms with Crippen LogP contribution in [0.4, 0.5) is 13.2 Å². The Bertz CT molecular complexity index is 1180. The number of benzene rings is 2. The van der Waals surface area contributed by atoms with Gasteiger partial charge in [0.25, 0.3) is 0 Å². The molecule has 0 spiro atoms. The molecule has 10 nitrogen and oxygen atoms in total. The molecule has 0 bridgehead atoms. The molecule has 1 saturated heterocycles. The third-order valence-corrected chi connectivity index (χ3v) is 7.36. The maximum Gasteiger partial charge on any atom is 0.471 e. The summed E-state index contributed by atoms with van der Waals surface area (Å²) >= 11 is 0.769. The predicted octanol–water partition coefficient (Wildman–Crippen LogP) is 1.73. The lowest BCUT2D eigenvalue weighted by Gasteiger charge is -2.48. The smallest absolute Gasteiger partial charge is 0.466 e. The summed E-state index contributed by atoms with van der Waals surface area (Å²) in [5.74, 6) is -4.50. The van der Waals surface area contributed by atoms with Crippen LogP contribution in [0.2, 0.25) is 0 Å². The van der Waals surface area contributed by atoms with Gasteiger partial charge in [-0.15, -0.1) is 0 Å². The van der Waals surface area contributed by atoms with Gasteiger partial charge in [-0.25, -0.2) is 9.59 Å². The van der Waals surface area contributed by atoms with Crippen LogP contribution in [0.3, 0.4) is 0 Å². The number of ether oxygens (including phenoxy) is 3. The lowest BCUT2D eigenvalue weighted by Crippen LogP contribution is -2.68. The third-order valence-electron chi connectivity index (χ3n) is 6.09. The van der Waals surface area contributed by atoms with E-state index in [-0.39, 0.29) is 5.56 Å². The topological polar surface area (TPSA) is 152 Å². The van der Waals surface area contributed by atoms with Crippen molar-refractivity contribution in [3.63, 3.8) is 0 Å². The zero-order valence-electron chi connectivity index (χ0n) is 21.3. The van der Waals surface area contributed by atoms with Crippen LogP contribution in [0.15, 0.2) is 59.5 Å². The molecule has 14 heteroatoms. The quantitative estimate of drug-likeness (QED) is 0.319. The average molecular weight is 588 g/mol. The monoisotopic (exact) mass is 587 g/mol. The Morgan fingerprint density at radius 3 is 2.30 bits per heavy atom. The average Bonchev–Trinajstić information content (AvgIpc) is 2.93. The minimum absolute atomic E-state index is 0.0113. The molecule has 2 aromatic rings. The molecule has 218 valence electrons. The SMILES string of the molecule is COC(=O)[C@@]1(Sc2ccc(C)cc2)C[C@H](OC(=O)c2ccccc2)[C@@H](NC(=O)C(F)(F)F)[C@H]([C@H](O)[C@H](O)CO)O1. The van der Waals surface area contributed by atoms with Crippen LogP contribution in [-0.4, -0.2) is 88.4 Å². The highest BCUT2D eigenvalue weighted by Crippen LogP contribution is 2.45. The molecule has 1 amide bonds. The van der Waals surface area contributed by atoms with E-state index in [0.29, 0.717) is 4.90 Å². The largest absolute Gasteiger partial charge is 0.471 e. The van der Waals surface area contributed by atoms with Gasteiger partial charge in [0.05, 0.1) is 25.3 Å². The van der Waals surface area contributed by atoms with Gasteiger partial charge in [0, 0.05) is 11.3 Å². The van der Waals surface area contributed by atoms with Gasteiger partial charge in [-0.1, -0.05) is 47.7 Å². The second-order valence-corrected chi connectivity index (χ2v) is 10.3. The molecule has 0 saturated carbocycles. The van der Waals surface area contributed by atoms with Crippen LogP contribution in [0.1, 0.15) is 22.3 Å². The van der Waals surface area contributed by atoms with Gasteiger partial charge in [-0.3, -0.25) is 4.79 Å². The highest BCUT2D eigenvalue weighted by Gasteiger charge is 2.58. The van der Waals surface area contributed by atoms with Crippen molar-refractivity contribution in [1.82, 2.24) is 5.32 Å². The van der Waals surface area contributed by atoms with E-state index in [1.54, 1.807) is 35.6 Å². The molecular weight excluding hydrogens is 559 g/mol. The molecule has 40 heavy (non-hydrogen) atoms. The van der Waals surface area contributed by atoms with Crippen molar-refractivity contribution in [3.8, 4) is 0 Å². The molecule has 1 heterocycles. The van der Waals surface area contributed by atoms with Crippen molar-refractivity contribution in [2.75, 3.05) is 13.7 Å². The molecule has 1 aliphatic rings. The van der Waals surface area contributed by atoms with E-state index in [0.717, 1.165) is 24.4 Å². The Balaban J connectivity index is 2.13. The van der Waals surface area contributed by atoms with E-state index < -0.39 is 72.4 Å². The molecule has 0 radical (unpaired) electrons. The predicted molar refractivity (Wildman–Crippen MR) is 134 cm³/mol. The first-order chi connectivity index (χ1) is 18.8. The number of aliphatic hydroxyl groups excluding tert-OH is 3. The number of halogens is 3. The number of aliphatic hydroxyl groups is 3. The summed E-state index contributed by atoms with van der Waals surface area (Å²) in [5, 5.41) is 32.1. The standard InChI is InChI=1S/C26H28F3NO9S/c1-14-8-10-16(11-9-14)40-25(24(36)37-2)12-18(38-22(34)15-6-4-3-5-7-15)19(30-23(35)26(27,28)29)21(39-25)20(33)17(32)13-31/h3-11,17-21,31-33H,12-13H2,1-2H3,(H,30,35)/t17-,18+,19-,20-,21-,25+/m1/s1. The molecular formula is C26H28F3NO9S. The summed E-state index contributed by atoms with van der Waals surface area (Å²) in [7, 11) is 1.03. The number of hydrogen-bond donors (Lipinski definition) is 4. The first-order valence-electron chi connectivity index (χ1n) is 11.9. The van der Waals surface area contributed by atoms with E-state index in [9.17, 15) is 42.9 Å². The molecule has 3 rings (SSSR count). The Kier molecular flexibility index (Phi) is 10.2. The summed E-state index contributed by atoms with van der Waals surface area (Å²) in [6.45, 7) is 0.767. The summed E-state index contributed by atoms with van der Waals surface area (Å²) in [5.41, 5.74) is 0.891. The summed E-state index contributed by atoms with van der Waals surface area (Å²) < 4.78 is 56.2. The van der Waals surface area contributed by atoms with Crippen molar-refractivity contribution < 1.29 is 57.1 Å². The first kappa shape index (κ1) is 31.4. The molecule has 1 fully saturated rings. The lowest BCUT2D eigenvalue weighted by molar-refractivity contribution is -0.211. The van der Waals surface area contributed by atoms with Gasteiger partial charge in [0.15, 0.2) is 0 Å². The number of amides is 1. The number of nitrogens with one attached hydrogen (secondary N) is 1. The first-order valence-corrected chi connectivity index (χ1v) is 12.8. The number of rotatable bonds is 9. The van der Waals surface area contributed by atoms with Crippen molar-refractivity contribution in [2.45, 2.75) is 59.8 Å². The third kappa shape index (κ3) is 7.31. The lowest BCUT2D eigenvalue weighted by atomic mass is 9.89. The van der Waals surface area contributed by atoms with E-state index in [2.05, 4.69) is 0 Å². The number of alkyl halides is 3. The van der Waals surface area contributed by atoms with Crippen LogP contribution >= 0.6 is 11.8 Å². The number of hydrogen-bond acceptors (Lipinski definition) is 10. The number of thioether (sulfide) groups is 1. The Hall–Kier alpha value is -3.17. The molecule has 2 aromatic carbocycles. The molecule has 0 unspecified atom stereocenters. The fourth-order valence-electron chi connectivity index (χ4n) is 4.05. The molecule has 0 aliphatic carbocycles. The fourth-order valence-corrected chi connectivity index (χ4v) is 5.27. The van der Waals surface area contributed by atoms with Crippen LogP contribution in [-0.2, 0) is 23.8 Å². The van der Waals surface area contributed by atoms with Crippen LogP contribution in [0.25, 0.3) is 0 Å². The normalized spacial score (nSPS) is 24.4. The number of methoxy groups -OCH3 is 1. The number of carbonyl (C=O) groups excluding carboxylic acids is 3. The fraction of sp³-hybridized carbons (Fsp3) is 0.423. The van der Waals surface area contributed by atoms with Gasteiger partial charge >= 0.3 is 24.0 Å².